The van der Waals surface area contributed by atoms with Gasteiger partial charge in [0.15, 0.2) is 0 Å². The summed E-state index contributed by atoms with van der Waals surface area (Å²) in [7, 11) is 0. The summed E-state index contributed by atoms with van der Waals surface area (Å²) >= 11 is 0. The van der Waals surface area contributed by atoms with Crippen molar-refractivity contribution in [2.24, 2.45) is 5.92 Å². The Morgan fingerprint density at radius 2 is 1.93 bits per heavy atom. The van der Waals surface area contributed by atoms with Crippen molar-refractivity contribution in [2.45, 2.75) is 45.0 Å². The fraction of sp³-hybridized carbons (Fsp3) is 0.400. The van der Waals surface area contributed by atoms with Gasteiger partial charge in [0, 0.05) is 49.3 Å². The number of hydrogen-bond donors (Lipinski definition) is 2. The number of anilines is 1. The maximum Gasteiger partial charge on any atom is 0.428 e. The molecule has 0 aromatic carbocycles. The number of carbonyl (C=O) groups is 2. The summed E-state index contributed by atoms with van der Waals surface area (Å²) < 4.78 is 43.8. The van der Waals surface area contributed by atoms with Crippen LogP contribution in [0.4, 0.5) is 19.0 Å². The van der Waals surface area contributed by atoms with Crippen LogP contribution in [0.2, 0.25) is 0 Å². The normalized spacial score (nSPS) is 14.9. The van der Waals surface area contributed by atoms with E-state index in [4.69, 9.17) is 4.74 Å². The van der Waals surface area contributed by atoms with E-state index in [0.29, 0.717) is 11.1 Å². The molecule has 0 saturated heterocycles. The van der Waals surface area contributed by atoms with Crippen LogP contribution >= 0.6 is 0 Å². The van der Waals surface area contributed by atoms with Gasteiger partial charge in [-0.25, -0.2) is 9.97 Å². The lowest BCUT2D eigenvalue weighted by molar-refractivity contribution is -0.209. The van der Waals surface area contributed by atoms with Crippen LogP contribution in [0, 0.1) is 5.92 Å². The minimum atomic E-state index is -4.43. The van der Waals surface area contributed by atoms with Gasteiger partial charge in [-0.2, -0.15) is 13.2 Å². The van der Waals surface area contributed by atoms with Gasteiger partial charge >= 0.3 is 6.18 Å². The number of halogens is 3. The number of amides is 2. The molecule has 2 heterocycles. The molecule has 2 aromatic heterocycles. The van der Waals surface area contributed by atoms with Crippen LogP contribution in [0.5, 0.6) is 5.88 Å². The highest BCUT2D eigenvalue weighted by atomic mass is 19.4. The van der Waals surface area contributed by atoms with Crippen LogP contribution in [-0.4, -0.2) is 33.6 Å². The topological polar surface area (TPSA) is 93.2 Å². The zero-order valence-electron chi connectivity index (χ0n) is 16.4. The van der Waals surface area contributed by atoms with Crippen molar-refractivity contribution in [3.05, 3.63) is 47.8 Å². The summed E-state index contributed by atoms with van der Waals surface area (Å²) in [5, 5.41) is 5.30. The molecule has 2 N–H and O–H groups in total. The molecule has 0 aliphatic heterocycles. The summed E-state index contributed by atoms with van der Waals surface area (Å²) in [6, 6.07) is 5.84. The average Bonchev–Trinajstić information content (AvgIpc) is 3.48. The number of pyridine rings is 2. The second kappa shape index (κ2) is 8.29. The molecular formula is C20H21F3N4O3. The number of nitrogens with zero attached hydrogens (tertiary/aromatic N) is 2. The molecule has 0 unspecified atom stereocenters. The molecule has 7 nitrogen and oxygen atoms in total. The molecule has 160 valence electrons. The number of nitrogens with one attached hydrogen (secondary N) is 2. The van der Waals surface area contributed by atoms with Gasteiger partial charge in [0.05, 0.1) is 0 Å². The molecule has 1 aliphatic carbocycles. The molecule has 1 fully saturated rings. The first-order valence-electron chi connectivity index (χ1n) is 9.35. The van der Waals surface area contributed by atoms with Gasteiger partial charge < -0.3 is 15.4 Å². The fourth-order valence-corrected chi connectivity index (χ4v) is 2.53. The van der Waals surface area contributed by atoms with E-state index in [1.165, 1.54) is 36.7 Å². The van der Waals surface area contributed by atoms with Crippen molar-refractivity contribution in [1.82, 2.24) is 15.3 Å². The van der Waals surface area contributed by atoms with Crippen molar-refractivity contribution in [1.29, 1.82) is 0 Å². The Kier molecular flexibility index (Phi) is 5.95. The van der Waals surface area contributed by atoms with Crippen LogP contribution < -0.4 is 15.4 Å². The molecule has 0 spiro atoms. The molecule has 2 amide bonds. The fourth-order valence-electron chi connectivity index (χ4n) is 2.53. The minimum Gasteiger partial charge on any atom is -0.461 e. The van der Waals surface area contributed by atoms with E-state index in [-0.39, 0.29) is 42.9 Å². The summed E-state index contributed by atoms with van der Waals surface area (Å²) in [6.07, 6.45) is -1.84. The number of hydrogen-bond acceptors (Lipinski definition) is 5. The van der Waals surface area contributed by atoms with E-state index < -0.39 is 17.7 Å². The highest BCUT2D eigenvalue weighted by Gasteiger charge is 2.66. The number of alkyl halides is 3. The van der Waals surface area contributed by atoms with Gasteiger partial charge in [0.2, 0.25) is 17.4 Å². The molecule has 3 rings (SSSR count). The van der Waals surface area contributed by atoms with Gasteiger partial charge in [0.25, 0.3) is 5.91 Å². The predicted octanol–water partition coefficient (Wildman–Crippen LogP) is 3.47. The molecule has 2 aromatic rings. The maximum atomic E-state index is 12.9. The van der Waals surface area contributed by atoms with Crippen LogP contribution in [0.1, 0.15) is 42.6 Å². The number of carbonyl (C=O) groups excluding carboxylic acids is 2. The van der Waals surface area contributed by atoms with E-state index in [9.17, 15) is 22.8 Å². The molecule has 10 heteroatoms. The molecule has 1 saturated carbocycles. The average molecular weight is 422 g/mol. The largest absolute Gasteiger partial charge is 0.461 e. The number of ether oxygens (including phenoxy) is 1. The predicted molar refractivity (Wildman–Crippen MR) is 102 cm³/mol. The summed E-state index contributed by atoms with van der Waals surface area (Å²) in [6.45, 7) is 3.60. The highest BCUT2D eigenvalue weighted by molar-refractivity contribution is 5.96. The first kappa shape index (κ1) is 21.5. The monoisotopic (exact) mass is 422 g/mol. The Bertz CT molecular complexity index is 926. The maximum absolute atomic E-state index is 12.9. The molecule has 0 bridgehead atoms. The Balaban J connectivity index is 1.56. The SMILES string of the molecule is CC(C)C(=O)Nc1cc(C(=O)NCc2ccc(OC3(C(F)(F)F)CC3)nc2)ccn1. The van der Waals surface area contributed by atoms with Crippen LogP contribution in [0.3, 0.4) is 0 Å². The molecule has 0 atom stereocenters. The molecule has 30 heavy (non-hydrogen) atoms. The van der Waals surface area contributed by atoms with Crippen molar-refractivity contribution in [3.8, 4) is 5.88 Å². The number of aromatic nitrogens is 2. The lowest BCUT2D eigenvalue weighted by Gasteiger charge is -2.20. The summed E-state index contributed by atoms with van der Waals surface area (Å²) in [5.41, 5.74) is -1.23. The Morgan fingerprint density at radius 1 is 1.20 bits per heavy atom. The van der Waals surface area contributed by atoms with E-state index in [1.807, 2.05) is 0 Å². The zero-order chi connectivity index (χ0) is 21.9. The van der Waals surface area contributed by atoms with E-state index in [2.05, 4.69) is 20.6 Å². The number of rotatable bonds is 7. The van der Waals surface area contributed by atoms with E-state index in [0.717, 1.165) is 0 Å². The molecule has 1 aliphatic rings. The summed E-state index contributed by atoms with van der Waals surface area (Å²) in [5.74, 6) is -0.684. The van der Waals surface area contributed by atoms with Crippen molar-refractivity contribution in [2.75, 3.05) is 5.32 Å². The first-order chi connectivity index (χ1) is 14.1. The lowest BCUT2D eigenvalue weighted by atomic mass is 10.2. The van der Waals surface area contributed by atoms with Crippen molar-refractivity contribution < 1.29 is 27.5 Å². The van der Waals surface area contributed by atoms with Crippen LogP contribution in [0.25, 0.3) is 0 Å². The van der Waals surface area contributed by atoms with Crippen LogP contribution in [0.15, 0.2) is 36.7 Å². The van der Waals surface area contributed by atoms with Gasteiger partial charge in [0.1, 0.15) is 5.82 Å². The standard InChI is InChI=1S/C20H21F3N4O3/c1-12(2)17(28)27-15-9-14(5-8-24-15)18(29)26-11-13-3-4-16(25-10-13)30-19(6-7-19)20(21,22)23/h3-5,8-10,12H,6-7,11H2,1-2H3,(H,26,29)(H,24,27,28). The van der Waals surface area contributed by atoms with Gasteiger partial charge in [-0.15, -0.1) is 0 Å². The van der Waals surface area contributed by atoms with Gasteiger partial charge in [-0.05, 0) is 17.7 Å². The minimum absolute atomic E-state index is 0.0818. The molecular weight excluding hydrogens is 401 g/mol. The smallest absolute Gasteiger partial charge is 0.428 e. The Hall–Kier alpha value is -3.17. The third kappa shape index (κ3) is 5.05. The van der Waals surface area contributed by atoms with Crippen molar-refractivity contribution >= 4 is 17.6 Å². The first-order valence-corrected chi connectivity index (χ1v) is 9.35. The third-order valence-corrected chi connectivity index (χ3v) is 4.57. The lowest BCUT2D eigenvalue weighted by Crippen LogP contribution is -2.37. The van der Waals surface area contributed by atoms with Gasteiger partial charge in [-0.1, -0.05) is 19.9 Å². The van der Waals surface area contributed by atoms with Gasteiger partial charge in [-0.3, -0.25) is 9.59 Å². The highest BCUT2D eigenvalue weighted by Crippen LogP contribution is 2.51. The zero-order valence-corrected chi connectivity index (χ0v) is 16.4. The second-order valence-electron chi connectivity index (χ2n) is 7.36. The summed E-state index contributed by atoms with van der Waals surface area (Å²) in [4.78, 5) is 32.0. The van der Waals surface area contributed by atoms with Crippen molar-refractivity contribution in [3.63, 3.8) is 0 Å². The Morgan fingerprint density at radius 3 is 2.50 bits per heavy atom. The molecule has 0 radical (unpaired) electrons. The Labute approximate surface area is 171 Å². The van der Waals surface area contributed by atoms with Crippen LogP contribution in [-0.2, 0) is 11.3 Å². The van der Waals surface area contributed by atoms with E-state index in [1.54, 1.807) is 13.8 Å². The van der Waals surface area contributed by atoms with E-state index >= 15 is 0 Å². The third-order valence-electron chi connectivity index (χ3n) is 4.57. The quantitative estimate of drug-likeness (QED) is 0.713. The second-order valence-corrected chi connectivity index (χ2v) is 7.36.